The van der Waals surface area contributed by atoms with Gasteiger partial charge in [0.25, 0.3) is 5.91 Å². The van der Waals surface area contributed by atoms with Gasteiger partial charge < -0.3 is 93.2 Å². The number of ketones is 4. The number of aliphatic hydroxyl groups excluding tert-OH is 3. The molecule has 5 aromatic carbocycles. The molecule has 5 aliphatic carbocycles. The lowest BCUT2D eigenvalue weighted by molar-refractivity contribution is -0.346. The number of aromatic hydroxyl groups is 2. The lowest BCUT2D eigenvalue weighted by atomic mass is 9.44. The molecule has 8 N–H and O–H groups in total. The summed E-state index contributed by atoms with van der Waals surface area (Å²) < 4.78 is 66.3. The molecule has 2 heterocycles. The van der Waals surface area contributed by atoms with Crippen molar-refractivity contribution in [3.63, 3.8) is 0 Å². The zero-order chi connectivity index (χ0) is 81.6. The number of esters is 5. The number of benzene rings is 5. The molecule has 2 aliphatic heterocycles. The van der Waals surface area contributed by atoms with Gasteiger partial charge in [0.1, 0.15) is 72.7 Å². The predicted octanol–water partition coefficient (Wildman–Crippen LogP) is 6.52. The van der Waals surface area contributed by atoms with E-state index in [1.165, 1.54) is 106 Å². The van der Waals surface area contributed by atoms with Gasteiger partial charge in [0.05, 0.1) is 78.1 Å². The topological polar surface area (TPSA) is 443 Å². The number of hydrogen-bond acceptors (Lipinski definition) is 31. The molecule has 6 unspecified atom stereocenters. The Labute approximate surface area is 655 Å². The third kappa shape index (κ3) is 15.5. The van der Waals surface area contributed by atoms with Crippen LogP contribution in [-0.2, 0) is 82.6 Å². The van der Waals surface area contributed by atoms with Crippen molar-refractivity contribution in [3.8, 4) is 17.2 Å². The molecule has 17 atom stereocenters. The standard InChI is InChI=1S/C81H87NO29S2/c1-39-50(108-75(97)68(93)62(43-19-12-9-13-20-43)82-73(95)44-21-14-10-15-22-44)36-81(100)72(110-74(96)45-23-16-11-17-24-45)70-78(7,71(94)69(106-41(3)84)61(39)77(81,5)6)53(33-54-80(70,38-104-54)111-42(4)85)109-76(98)103-28-30-113-112-29-27-102-55(87)31-46-32-56(105-40(2)63(46)88)107-51-35-79(99,52(86)37-83)34-48-58(51)67(92)60-59(65(48)90)64(89)47-25-18-26-49(101-8)57(47)66(60)91/h9-26,40,46,50-51,53-54,56,62-63,68-70,72,83,88,90,92-93,99-100H,27-38H2,1-8H3,(H,82,95)/t40?,46?,50-,51-,53-,54+,56?,62-,63?,68+,69+,70-,72-,78+,79?,80?,81+/m0/s1. The monoisotopic (exact) mass is 1600 g/mol. The van der Waals surface area contributed by atoms with E-state index in [2.05, 4.69) is 5.32 Å². The summed E-state index contributed by atoms with van der Waals surface area (Å²) in [7, 11) is 3.68. The highest BCUT2D eigenvalue weighted by Gasteiger charge is 2.79. The maximum atomic E-state index is 16.5. The largest absolute Gasteiger partial charge is 0.508 e. The van der Waals surface area contributed by atoms with Crippen LogP contribution in [0.15, 0.2) is 120 Å². The number of nitrogens with one attached hydrogen (secondary N) is 1. The number of phenols is 2. The second-order valence-electron chi connectivity index (χ2n) is 29.9. The minimum atomic E-state index is -2.60. The van der Waals surface area contributed by atoms with E-state index in [-0.39, 0.29) is 87.8 Å². The highest BCUT2D eigenvalue weighted by atomic mass is 33.1. The first kappa shape index (κ1) is 82.8. The van der Waals surface area contributed by atoms with E-state index in [0.717, 1.165) is 13.8 Å². The number of carbonyl (C=O) groups excluding carboxylic acids is 11. The second-order valence-corrected chi connectivity index (χ2v) is 32.6. The first-order chi connectivity index (χ1) is 53.6. The van der Waals surface area contributed by atoms with Crippen molar-refractivity contribution in [2.45, 2.75) is 171 Å². The van der Waals surface area contributed by atoms with E-state index in [1.807, 2.05) is 0 Å². The number of aliphatic hydroxyl groups is 5. The summed E-state index contributed by atoms with van der Waals surface area (Å²) in [6.07, 6.45) is -20.4. The summed E-state index contributed by atoms with van der Waals surface area (Å²) in [6, 6.07) is 26.4. The van der Waals surface area contributed by atoms with Gasteiger partial charge in [-0.15, -0.1) is 0 Å². The minimum Gasteiger partial charge on any atom is -0.507 e. The lowest BCUT2D eigenvalue weighted by Crippen LogP contribution is -2.82. The molecule has 602 valence electrons. The zero-order valence-corrected chi connectivity index (χ0v) is 64.4. The van der Waals surface area contributed by atoms with E-state index in [1.54, 1.807) is 66.7 Å². The molecule has 4 fully saturated rings. The van der Waals surface area contributed by atoms with Gasteiger partial charge in [-0.2, -0.15) is 0 Å². The van der Waals surface area contributed by atoms with Crippen molar-refractivity contribution in [2.24, 2.45) is 22.7 Å². The van der Waals surface area contributed by atoms with Gasteiger partial charge in [-0.3, -0.25) is 38.4 Å². The van der Waals surface area contributed by atoms with Crippen molar-refractivity contribution in [2.75, 3.05) is 45.0 Å². The Bertz CT molecular complexity index is 4610. The number of methoxy groups -OCH3 is 1. The summed E-state index contributed by atoms with van der Waals surface area (Å²) in [5.74, 6) is -13.5. The maximum Gasteiger partial charge on any atom is 0.508 e. The first-order valence-corrected chi connectivity index (χ1v) is 39.1. The fourth-order valence-corrected chi connectivity index (χ4v) is 18.9. The summed E-state index contributed by atoms with van der Waals surface area (Å²) in [5, 5.41) is 85.9. The van der Waals surface area contributed by atoms with Crippen molar-refractivity contribution < 1.29 is 141 Å². The molecule has 1 amide bonds. The van der Waals surface area contributed by atoms with E-state index in [4.69, 9.17) is 52.1 Å². The average molecular weight is 1600 g/mol. The molecule has 113 heavy (non-hydrogen) atoms. The highest BCUT2D eigenvalue weighted by Crippen LogP contribution is 2.65. The number of amides is 1. The van der Waals surface area contributed by atoms with Crippen LogP contribution in [0.2, 0.25) is 0 Å². The van der Waals surface area contributed by atoms with E-state index in [9.17, 15) is 83.7 Å². The number of fused-ring (bicyclic) bond motifs is 8. The van der Waals surface area contributed by atoms with Gasteiger partial charge in [0.15, 0.2) is 41.4 Å². The van der Waals surface area contributed by atoms with Crippen LogP contribution in [0.25, 0.3) is 0 Å². The number of carbonyl (C=O) groups is 11. The van der Waals surface area contributed by atoms with Crippen LogP contribution in [0.1, 0.15) is 162 Å². The Balaban J connectivity index is 0.730. The van der Waals surface area contributed by atoms with Crippen molar-refractivity contribution >= 4 is 86.6 Å². The highest BCUT2D eigenvalue weighted by molar-refractivity contribution is 8.76. The van der Waals surface area contributed by atoms with Crippen LogP contribution in [0.4, 0.5) is 4.79 Å². The van der Waals surface area contributed by atoms with Gasteiger partial charge in [-0.25, -0.2) is 14.4 Å². The molecule has 0 aromatic heterocycles. The summed E-state index contributed by atoms with van der Waals surface area (Å²) >= 11 is 0. The summed E-state index contributed by atoms with van der Waals surface area (Å²) in [6.45, 7) is 7.31. The number of rotatable bonds is 25. The predicted molar refractivity (Wildman–Crippen MR) is 396 cm³/mol. The SMILES string of the molecule is COc1cccc2c1C(=O)c1c(O)c3c(c(O)c1C2=O)CC(O)(C(=O)CO)C[C@@H]3OC1CC(CC(=O)OCCSSCCOC(=O)O[C@H]2C[C@H]3OCC3(OC(C)=O)[C@H]3[C@H](OC(=O)c4ccccc4)[C@]4(O)C[C@H](OC(=O)[C@H](O)[C@@H](NC(=O)c5ccccc5)c5ccccc5)C(C)=C([C@@H](OC(C)=O)C(=O)[C@]23C)C4(C)C)C(O)C(C)O1. The fraction of sp³-hybridized carbons (Fsp3) is 0.469. The first-order valence-electron chi connectivity index (χ1n) is 36.6. The number of Topliss-reactive ketones (excluding diaryl/α,β-unsaturated/α-hetero) is 2. The van der Waals surface area contributed by atoms with Crippen molar-refractivity contribution in [1.29, 1.82) is 0 Å². The Morgan fingerprint density at radius 3 is 1.98 bits per heavy atom. The molecule has 2 saturated heterocycles. The van der Waals surface area contributed by atoms with Crippen LogP contribution in [0.3, 0.4) is 0 Å². The molecule has 0 radical (unpaired) electrons. The number of hydrogen-bond donors (Lipinski definition) is 8. The normalized spacial score (nSPS) is 29.0. The molecule has 0 spiro atoms. The van der Waals surface area contributed by atoms with Crippen molar-refractivity contribution in [3.05, 3.63) is 170 Å². The van der Waals surface area contributed by atoms with Gasteiger partial charge in [0.2, 0.25) is 5.78 Å². The van der Waals surface area contributed by atoms with Gasteiger partial charge >= 0.3 is 36.0 Å². The second kappa shape index (κ2) is 33.1. The third-order valence-electron chi connectivity index (χ3n) is 22.9. The van der Waals surface area contributed by atoms with Gasteiger partial charge in [-0.1, -0.05) is 114 Å². The van der Waals surface area contributed by atoms with Crippen LogP contribution >= 0.6 is 21.6 Å². The van der Waals surface area contributed by atoms with Gasteiger partial charge in [-0.05, 0) is 67.8 Å². The number of phenolic OH excluding ortho intramolecular Hbond substituents is 2. The van der Waals surface area contributed by atoms with Crippen molar-refractivity contribution in [1.82, 2.24) is 5.32 Å². The van der Waals surface area contributed by atoms with E-state index < -0.39 is 233 Å². The molecule has 5 aromatic rings. The average Bonchev–Trinajstić information content (AvgIpc) is 0.665. The molecule has 7 aliphatic rings. The Kier molecular flexibility index (Phi) is 24.2. The van der Waals surface area contributed by atoms with E-state index >= 15 is 4.79 Å². The smallest absolute Gasteiger partial charge is 0.507 e. The van der Waals surface area contributed by atoms with Crippen LogP contribution < -0.4 is 10.1 Å². The van der Waals surface area contributed by atoms with E-state index in [0.29, 0.717) is 5.56 Å². The molecule has 30 nitrogen and oxygen atoms in total. The summed E-state index contributed by atoms with van der Waals surface area (Å²) in [4.78, 5) is 156. The zero-order valence-electron chi connectivity index (χ0n) is 62.8. The van der Waals surface area contributed by atoms with Crippen LogP contribution in [-0.4, -0.2) is 218 Å². The maximum absolute atomic E-state index is 16.5. The summed E-state index contributed by atoms with van der Waals surface area (Å²) in [5.41, 5.74) is -12.9. The molecule has 2 saturated carbocycles. The Morgan fingerprint density at radius 1 is 0.726 bits per heavy atom. The Morgan fingerprint density at radius 2 is 1.36 bits per heavy atom. The lowest BCUT2D eigenvalue weighted by Gasteiger charge is -2.67. The van der Waals surface area contributed by atoms with Crippen LogP contribution in [0.5, 0.6) is 17.2 Å². The molecular weight excluding hydrogens is 1520 g/mol. The minimum absolute atomic E-state index is 0.00753. The third-order valence-corrected chi connectivity index (χ3v) is 25.2. The molecule has 2 bridgehead atoms. The number of ether oxygens (including phenoxy) is 11. The molecular formula is C81H87NO29S2. The fourth-order valence-electron chi connectivity index (χ4n) is 17.2. The Hall–Kier alpha value is -9.61. The molecule has 32 heteroatoms. The quantitative estimate of drug-likeness (QED) is 0.00755. The van der Waals surface area contributed by atoms with Crippen LogP contribution in [0, 0.1) is 22.7 Å². The molecule has 12 rings (SSSR count). The van der Waals surface area contributed by atoms with Gasteiger partial charge in [0, 0.05) is 91.0 Å².